The second-order valence-corrected chi connectivity index (χ2v) is 3.52. The number of rotatable bonds is 2. The van der Waals surface area contributed by atoms with Gasteiger partial charge in [-0.3, -0.25) is 5.10 Å². The molecule has 13 heavy (non-hydrogen) atoms. The van der Waals surface area contributed by atoms with Crippen LogP contribution in [0.1, 0.15) is 23.0 Å². The largest absolute Gasteiger partial charge is 0.478 e. The first-order chi connectivity index (χ1) is 6.13. The van der Waals surface area contributed by atoms with Crippen LogP contribution in [0.4, 0.5) is 0 Å². The summed E-state index contributed by atoms with van der Waals surface area (Å²) >= 11 is 0. The van der Waals surface area contributed by atoms with Crippen molar-refractivity contribution in [2.75, 3.05) is 13.2 Å². The van der Waals surface area contributed by atoms with Crippen molar-refractivity contribution in [2.24, 2.45) is 0 Å². The van der Waals surface area contributed by atoms with E-state index in [2.05, 4.69) is 10.2 Å². The van der Waals surface area contributed by atoms with Crippen LogP contribution in [0.5, 0.6) is 0 Å². The van der Waals surface area contributed by atoms with Crippen LogP contribution in [-0.4, -0.2) is 34.5 Å². The fraction of sp³-hybridized carbons (Fsp3) is 0.500. The van der Waals surface area contributed by atoms with E-state index in [9.17, 15) is 4.79 Å². The predicted molar refractivity (Wildman–Crippen MR) is 43.7 cm³/mol. The third-order valence-corrected chi connectivity index (χ3v) is 2.31. The number of carbonyl (C=O) groups is 1. The van der Waals surface area contributed by atoms with E-state index < -0.39 is 5.97 Å². The van der Waals surface area contributed by atoms with Crippen molar-refractivity contribution >= 4 is 5.97 Å². The molecule has 2 rings (SSSR count). The molecular formula is C8H10N2O3. The van der Waals surface area contributed by atoms with Gasteiger partial charge >= 0.3 is 5.97 Å². The number of aromatic amines is 1. The van der Waals surface area contributed by atoms with Crippen molar-refractivity contribution in [2.45, 2.75) is 12.3 Å². The average molecular weight is 182 g/mol. The molecule has 1 aromatic rings. The van der Waals surface area contributed by atoms with E-state index in [0.29, 0.717) is 18.9 Å². The number of aromatic nitrogens is 2. The first kappa shape index (κ1) is 8.25. The zero-order valence-corrected chi connectivity index (χ0v) is 7.20. The molecule has 0 saturated carbocycles. The minimum absolute atomic E-state index is 0.204. The van der Waals surface area contributed by atoms with Crippen LogP contribution in [0.25, 0.3) is 0 Å². The van der Waals surface area contributed by atoms with E-state index in [-0.39, 0.29) is 11.0 Å². The molecule has 1 aliphatic rings. The molecule has 2 heterocycles. The molecule has 0 amide bonds. The highest BCUT2D eigenvalue weighted by Gasteiger charge is 2.39. The number of hydrogen-bond donors (Lipinski definition) is 2. The standard InChI is InChI=1S/C8H10N2O3/c1-8(3-13-4-8)6-5(7(11)12)2-9-10-6/h2H,3-4H2,1H3,(H,9,10)(H,11,12). The van der Waals surface area contributed by atoms with Gasteiger partial charge in [0.2, 0.25) is 0 Å². The molecular weight excluding hydrogens is 172 g/mol. The van der Waals surface area contributed by atoms with Crippen LogP contribution in [0, 0.1) is 0 Å². The maximum absolute atomic E-state index is 10.8. The van der Waals surface area contributed by atoms with E-state index in [1.807, 2.05) is 6.92 Å². The van der Waals surface area contributed by atoms with Crippen LogP contribution >= 0.6 is 0 Å². The summed E-state index contributed by atoms with van der Waals surface area (Å²) in [7, 11) is 0. The van der Waals surface area contributed by atoms with Gasteiger partial charge in [-0.2, -0.15) is 5.10 Å². The number of H-pyrrole nitrogens is 1. The number of nitrogens with zero attached hydrogens (tertiary/aromatic N) is 1. The molecule has 70 valence electrons. The van der Waals surface area contributed by atoms with Crippen molar-refractivity contribution in [3.63, 3.8) is 0 Å². The SMILES string of the molecule is CC1(c2[nH]ncc2C(=O)O)COC1. The van der Waals surface area contributed by atoms with Gasteiger partial charge in [-0.1, -0.05) is 0 Å². The highest BCUT2D eigenvalue weighted by atomic mass is 16.5. The second kappa shape index (κ2) is 2.56. The van der Waals surface area contributed by atoms with Crippen LogP contribution in [0.2, 0.25) is 0 Å². The Morgan fingerprint density at radius 1 is 1.77 bits per heavy atom. The Bertz CT molecular complexity index is 341. The first-order valence-corrected chi connectivity index (χ1v) is 3.98. The Labute approximate surface area is 74.7 Å². The molecule has 0 aromatic carbocycles. The zero-order valence-electron chi connectivity index (χ0n) is 7.20. The highest BCUT2D eigenvalue weighted by Crippen LogP contribution is 2.32. The Balaban J connectivity index is 2.39. The van der Waals surface area contributed by atoms with Crippen LogP contribution in [-0.2, 0) is 10.2 Å². The quantitative estimate of drug-likeness (QED) is 0.694. The smallest absolute Gasteiger partial charge is 0.339 e. The average Bonchev–Trinajstić information content (AvgIpc) is 2.47. The van der Waals surface area contributed by atoms with Crippen LogP contribution in [0.3, 0.4) is 0 Å². The van der Waals surface area contributed by atoms with Gasteiger partial charge < -0.3 is 9.84 Å². The molecule has 0 aliphatic carbocycles. The number of aromatic carboxylic acids is 1. The van der Waals surface area contributed by atoms with Crippen molar-refractivity contribution < 1.29 is 14.6 Å². The van der Waals surface area contributed by atoms with Crippen molar-refractivity contribution in [3.05, 3.63) is 17.5 Å². The molecule has 0 atom stereocenters. The maximum atomic E-state index is 10.8. The molecule has 0 unspecified atom stereocenters. The molecule has 5 heteroatoms. The van der Waals surface area contributed by atoms with Gasteiger partial charge in [0.05, 0.1) is 30.5 Å². The van der Waals surface area contributed by atoms with Gasteiger partial charge in [0.1, 0.15) is 5.56 Å². The van der Waals surface area contributed by atoms with E-state index >= 15 is 0 Å². The summed E-state index contributed by atoms with van der Waals surface area (Å²) in [5.74, 6) is -0.947. The molecule has 0 spiro atoms. The Kier molecular flexibility index (Phi) is 1.63. The van der Waals surface area contributed by atoms with Gasteiger partial charge in [-0.25, -0.2) is 4.79 Å². The van der Waals surface area contributed by atoms with E-state index in [4.69, 9.17) is 9.84 Å². The van der Waals surface area contributed by atoms with Gasteiger partial charge in [-0.05, 0) is 6.92 Å². The lowest BCUT2D eigenvalue weighted by Gasteiger charge is -2.37. The third-order valence-electron chi connectivity index (χ3n) is 2.31. The van der Waals surface area contributed by atoms with Gasteiger partial charge in [-0.15, -0.1) is 0 Å². The Morgan fingerprint density at radius 2 is 2.46 bits per heavy atom. The summed E-state index contributed by atoms with van der Waals surface area (Å²) in [5.41, 5.74) is 0.696. The van der Waals surface area contributed by atoms with E-state index in [0.717, 1.165) is 0 Å². The minimum atomic E-state index is -0.947. The predicted octanol–water partition coefficient (Wildman–Crippen LogP) is 0.396. The molecule has 2 N–H and O–H groups in total. The van der Waals surface area contributed by atoms with Gasteiger partial charge in [0, 0.05) is 0 Å². The lowest BCUT2D eigenvalue weighted by molar-refractivity contribution is -0.0524. The summed E-state index contributed by atoms with van der Waals surface area (Å²) in [6, 6.07) is 0. The maximum Gasteiger partial charge on any atom is 0.339 e. The van der Waals surface area contributed by atoms with E-state index in [1.165, 1.54) is 6.20 Å². The lowest BCUT2D eigenvalue weighted by Crippen LogP contribution is -2.45. The number of ether oxygens (including phenoxy) is 1. The second-order valence-electron chi connectivity index (χ2n) is 3.52. The number of carboxylic acids is 1. The number of hydrogen-bond acceptors (Lipinski definition) is 3. The number of carboxylic acid groups (broad SMARTS) is 1. The monoisotopic (exact) mass is 182 g/mol. The third kappa shape index (κ3) is 1.12. The summed E-state index contributed by atoms with van der Waals surface area (Å²) in [6.07, 6.45) is 1.33. The van der Waals surface area contributed by atoms with Crippen LogP contribution in [0.15, 0.2) is 6.20 Å². The topological polar surface area (TPSA) is 75.2 Å². The van der Waals surface area contributed by atoms with Crippen LogP contribution < -0.4 is 0 Å². The summed E-state index contributed by atoms with van der Waals surface area (Å²) in [4.78, 5) is 10.8. The Morgan fingerprint density at radius 3 is 2.92 bits per heavy atom. The molecule has 5 nitrogen and oxygen atoms in total. The summed E-state index contributed by atoms with van der Waals surface area (Å²) in [6.45, 7) is 3.06. The Hall–Kier alpha value is -1.36. The zero-order chi connectivity index (χ0) is 9.47. The minimum Gasteiger partial charge on any atom is -0.478 e. The lowest BCUT2D eigenvalue weighted by atomic mass is 9.83. The summed E-state index contributed by atoms with van der Waals surface area (Å²) in [5, 5.41) is 15.3. The molecule has 0 bridgehead atoms. The molecule has 1 fully saturated rings. The summed E-state index contributed by atoms with van der Waals surface area (Å²) < 4.78 is 5.06. The molecule has 1 saturated heterocycles. The fourth-order valence-electron chi connectivity index (χ4n) is 1.46. The molecule has 0 radical (unpaired) electrons. The molecule has 1 aliphatic heterocycles. The van der Waals surface area contributed by atoms with Gasteiger partial charge in [0.25, 0.3) is 0 Å². The normalized spacial score (nSPS) is 19.5. The number of nitrogens with one attached hydrogen (secondary N) is 1. The molecule has 1 aromatic heterocycles. The van der Waals surface area contributed by atoms with Crippen molar-refractivity contribution in [1.29, 1.82) is 0 Å². The highest BCUT2D eigenvalue weighted by molar-refractivity contribution is 5.89. The fourth-order valence-corrected chi connectivity index (χ4v) is 1.46. The van der Waals surface area contributed by atoms with Gasteiger partial charge in [0.15, 0.2) is 0 Å². The van der Waals surface area contributed by atoms with Crippen molar-refractivity contribution in [3.8, 4) is 0 Å². The first-order valence-electron chi connectivity index (χ1n) is 3.98. The van der Waals surface area contributed by atoms with E-state index in [1.54, 1.807) is 0 Å². The van der Waals surface area contributed by atoms with Crippen molar-refractivity contribution in [1.82, 2.24) is 10.2 Å².